The van der Waals surface area contributed by atoms with E-state index >= 15 is 0 Å². The van der Waals surface area contributed by atoms with Crippen molar-refractivity contribution < 1.29 is 27.1 Å². The van der Waals surface area contributed by atoms with E-state index < -0.39 is 18.0 Å². The quantitative estimate of drug-likeness (QED) is 0.400. The van der Waals surface area contributed by atoms with Crippen LogP contribution in [0.2, 0.25) is 0 Å². The van der Waals surface area contributed by atoms with Crippen LogP contribution in [0, 0.1) is 11.3 Å². The van der Waals surface area contributed by atoms with Crippen LogP contribution in [-0.4, -0.2) is 17.3 Å². The summed E-state index contributed by atoms with van der Waals surface area (Å²) in [5.41, 5.74) is 12.8. The van der Waals surface area contributed by atoms with Crippen molar-refractivity contribution in [3.8, 4) is 23.1 Å². The summed E-state index contributed by atoms with van der Waals surface area (Å²) in [4.78, 5) is 17.4. The third kappa shape index (κ3) is 3.88. The maximum atomic E-state index is 12.8. The molecular formula is C20H12F3N5O3S. The Kier molecular flexibility index (Phi) is 5.11. The largest absolute Gasteiger partial charge is 0.573 e. The predicted molar refractivity (Wildman–Crippen MR) is 112 cm³/mol. The van der Waals surface area contributed by atoms with Gasteiger partial charge in [-0.05, 0) is 36.4 Å². The second kappa shape index (κ2) is 7.78. The highest BCUT2D eigenvalue weighted by molar-refractivity contribution is 7.21. The number of nitrogens with zero attached hydrogens (tertiary/aromatic N) is 2. The fourth-order valence-electron chi connectivity index (χ4n) is 3.05. The molecule has 3 heterocycles. The van der Waals surface area contributed by atoms with Crippen LogP contribution in [0.4, 0.5) is 30.4 Å². The van der Waals surface area contributed by atoms with Gasteiger partial charge in [-0.15, -0.1) is 24.5 Å². The van der Waals surface area contributed by atoms with Crippen molar-refractivity contribution in [3.63, 3.8) is 0 Å². The number of hydrogen-bond donors (Lipinski definition) is 3. The van der Waals surface area contributed by atoms with E-state index in [0.717, 1.165) is 23.5 Å². The normalized spacial score (nSPS) is 11.3. The standard InChI is InChI=1S/C20H12F3N5O3S/c21-20(22,23)31-10-5-3-9(4-6-10)27-18(29)16-15(25)14-13(12-2-1-7-30-12)11(8-24)17(26)28-19(14)32-16/h1-7H,25H2,(H2,26,28)(H,27,29). The number of thiophene rings is 1. The molecule has 0 saturated heterocycles. The summed E-state index contributed by atoms with van der Waals surface area (Å²) in [7, 11) is 0. The summed E-state index contributed by atoms with van der Waals surface area (Å²) in [6.07, 6.45) is -3.40. The molecule has 4 aromatic rings. The van der Waals surface area contributed by atoms with Crippen molar-refractivity contribution in [1.82, 2.24) is 4.98 Å². The number of nitrogens with one attached hydrogen (secondary N) is 1. The van der Waals surface area contributed by atoms with E-state index in [1.54, 1.807) is 12.1 Å². The molecule has 0 spiro atoms. The number of benzene rings is 1. The molecule has 4 rings (SSSR count). The van der Waals surface area contributed by atoms with E-state index in [1.807, 2.05) is 6.07 Å². The highest BCUT2D eigenvalue weighted by Crippen LogP contribution is 2.42. The fraction of sp³-hybridized carbons (Fsp3) is 0.0500. The molecule has 0 saturated carbocycles. The fourth-order valence-corrected chi connectivity index (χ4v) is 4.05. The average molecular weight is 459 g/mol. The van der Waals surface area contributed by atoms with Crippen molar-refractivity contribution in [2.75, 3.05) is 16.8 Å². The van der Waals surface area contributed by atoms with Crippen LogP contribution in [0.15, 0.2) is 47.1 Å². The molecule has 12 heteroatoms. The molecule has 0 fully saturated rings. The number of ether oxygens (including phenoxy) is 1. The van der Waals surface area contributed by atoms with Gasteiger partial charge in [0.25, 0.3) is 5.91 Å². The van der Waals surface area contributed by atoms with E-state index in [9.17, 15) is 23.2 Å². The number of nitriles is 1. The number of amides is 1. The van der Waals surface area contributed by atoms with Gasteiger partial charge in [0, 0.05) is 11.1 Å². The molecule has 0 aliphatic rings. The van der Waals surface area contributed by atoms with Crippen LogP contribution in [0.5, 0.6) is 5.75 Å². The van der Waals surface area contributed by atoms with E-state index in [-0.39, 0.29) is 27.6 Å². The van der Waals surface area contributed by atoms with Gasteiger partial charge in [-0.2, -0.15) is 5.26 Å². The first-order valence-electron chi connectivity index (χ1n) is 8.80. The van der Waals surface area contributed by atoms with Gasteiger partial charge in [0.2, 0.25) is 0 Å². The van der Waals surface area contributed by atoms with E-state index in [2.05, 4.69) is 15.0 Å². The number of anilines is 3. The summed E-state index contributed by atoms with van der Waals surface area (Å²) in [5, 5.41) is 12.4. The Morgan fingerprint density at radius 3 is 2.53 bits per heavy atom. The zero-order valence-electron chi connectivity index (χ0n) is 15.9. The lowest BCUT2D eigenvalue weighted by molar-refractivity contribution is -0.274. The van der Waals surface area contributed by atoms with Crippen molar-refractivity contribution >= 4 is 44.7 Å². The molecule has 0 bridgehead atoms. The minimum absolute atomic E-state index is 0.0418. The second-order valence-corrected chi connectivity index (χ2v) is 7.39. The van der Waals surface area contributed by atoms with Gasteiger partial charge in [-0.3, -0.25) is 4.79 Å². The maximum Gasteiger partial charge on any atom is 0.573 e. The van der Waals surface area contributed by atoms with Crippen molar-refractivity contribution in [1.29, 1.82) is 5.26 Å². The Morgan fingerprint density at radius 1 is 1.22 bits per heavy atom. The van der Waals surface area contributed by atoms with Gasteiger partial charge in [0.1, 0.15) is 38.7 Å². The molecule has 0 radical (unpaired) electrons. The predicted octanol–water partition coefficient (Wildman–Crippen LogP) is 4.74. The molecule has 162 valence electrons. The van der Waals surface area contributed by atoms with Crippen LogP contribution in [0.1, 0.15) is 15.2 Å². The van der Waals surface area contributed by atoms with E-state index in [1.165, 1.54) is 18.4 Å². The number of nitrogen functional groups attached to an aromatic ring is 2. The topological polar surface area (TPSA) is 140 Å². The van der Waals surface area contributed by atoms with E-state index in [4.69, 9.17) is 15.9 Å². The van der Waals surface area contributed by atoms with Crippen LogP contribution in [-0.2, 0) is 0 Å². The maximum absolute atomic E-state index is 12.8. The summed E-state index contributed by atoms with van der Waals surface area (Å²) >= 11 is 0.954. The minimum atomic E-state index is -4.82. The summed E-state index contributed by atoms with van der Waals surface area (Å²) < 4.78 is 46.1. The van der Waals surface area contributed by atoms with Crippen molar-refractivity contribution in [2.45, 2.75) is 6.36 Å². The van der Waals surface area contributed by atoms with Crippen LogP contribution < -0.4 is 21.5 Å². The van der Waals surface area contributed by atoms with Gasteiger partial charge in [0.15, 0.2) is 0 Å². The summed E-state index contributed by atoms with van der Waals surface area (Å²) in [5.74, 6) is -0.752. The molecule has 0 unspecified atom stereocenters. The number of nitrogens with two attached hydrogens (primary N) is 2. The number of hydrogen-bond acceptors (Lipinski definition) is 8. The first-order valence-corrected chi connectivity index (χ1v) is 9.62. The first kappa shape index (κ1) is 21.0. The average Bonchev–Trinajstić information content (AvgIpc) is 3.36. The highest BCUT2D eigenvalue weighted by Gasteiger charge is 2.31. The Bertz CT molecular complexity index is 1360. The smallest absolute Gasteiger partial charge is 0.464 e. The number of aromatic nitrogens is 1. The van der Waals surface area contributed by atoms with Gasteiger partial charge in [-0.1, -0.05) is 0 Å². The summed E-state index contributed by atoms with van der Waals surface area (Å²) in [6, 6.07) is 9.86. The zero-order valence-corrected chi connectivity index (χ0v) is 16.7. The van der Waals surface area contributed by atoms with Crippen LogP contribution >= 0.6 is 11.3 Å². The van der Waals surface area contributed by atoms with Crippen molar-refractivity contribution in [2.24, 2.45) is 0 Å². The van der Waals surface area contributed by atoms with Crippen LogP contribution in [0.25, 0.3) is 21.5 Å². The minimum Gasteiger partial charge on any atom is -0.464 e. The first-order chi connectivity index (χ1) is 15.2. The van der Waals surface area contributed by atoms with Gasteiger partial charge < -0.3 is 25.9 Å². The number of carbonyl (C=O) groups is 1. The molecule has 0 atom stereocenters. The number of fused-ring (bicyclic) bond motifs is 1. The second-order valence-electron chi connectivity index (χ2n) is 6.39. The SMILES string of the molecule is N#Cc1c(N)nc2sc(C(=O)Nc3ccc(OC(F)(F)F)cc3)c(N)c2c1-c1ccco1. The zero-order chi connectivity index (χ0) is 23.0. The number of alkyl halides is 3. The molecule has 0 aliphatic carbocycles. The van der Waals surface area contributed by atoms with Crippen LogP contribution in [0.3, 0.4) is 0 Å². The molecular weight excluding hydrogens is 447 g/mol. The third-order valence-corrected chi connectivity index (χ3v) is 5.43. The number of pyridine rings is 1. The highest BCUT2D eigenvalue weighted by atomic mass is 32.1. The lowest BCUT2D eigenvalue weighted by Crippen LogP contribution is -2.17. The number of rotatable bonds is 4. The van der Waals surface area contributed by atoms with Gasteiger partial charge >= 0.3 is 6.36 Å². The number of carbonyl (C=O) groups excluding carboxylic acids is 1. The molecule has 32 heavy (non-hydrogen) atoms. The van der Waals surface area contributed by atoms with Crippen molar-refractivity contribution in [3.05, 3.63) is 53.1 Å². The van der Waals surface area contributed by atoms with Gasteiger partial charge in [-0.25, -0.2) is 4.98 Å². The lowest BCUT2D eigenvalue weighted by atomic mass is 10.0. The third-order valence-electron chi connectivity index (χ3n) is 4.34. The Labute approximate surface area is 181 Å². The van der Waals surface area contributed by atoms with E-state index in [0.29, 0.717) is 21.5 Å². The molecule has 5 N–H and O–H groups in total. The molecule has 1 amide bonds. The molecule has 1 aromatic carbocycles. The monoisotopic (exact) mass is 459 g/mol. The van der Waals surface area contributed by atoms with Gasteiger partial charge in [0.05, 0.1) is 17.5 Å². The Balaban J connectivity index is 1.71. The Hall–Kier alpha value is -4.24. The Morgan fingerprint density at radius 2 is 1.94 bits per heavy atom. The summed E-state index contributed by atoms with van der Waals surface area (Å²) in [6.45, 7) is 0. The number of halogens is 3. The lowest BCUT2D eigenvalue weighted by Gasteiger charge is -2.10. The molecule has 0 aliphatic heterocycles. The molecule has 3 aromatic heterocycles. The number of furan rings is 1. The molecule has 8 nitrogen and oxygen atoms in total.